The highest BCUT2D eigenvalue weighted by atomic mass is 19.1. The number of rotatable bonds is 4. The average molecular weight is 504 g/mol. The Hall–Kier alpha value is -3.82. The van der Waals surface area contributed by atoms with Gasteiger partial charge in [0.1, 0.15) is 11.6 Å². The van der Waals surface area contributed by atoms with Crippen molar-refractivity contribution in [1.29, 1.82) is 0 Å². The Morgan fingerprint density at radius 3 is 2.73 bits per heavy atom. The maximum Gasteiger partial charge on any atom is 0.126 e. The van der Waals surface area contributed by atoms with E-state index in [1.807, 2.05) is 25.2 Å². The van der Waals surface area contributed by atoms with Crippen molar-refractivity contribution in [2.24, 2.45) is 7.05 Å². The highest BCUT2D eigenvalue weighted by Gasteiger charge is 2.33. The quantitative estimate of drug-likeness (QED) is 0.394. The van der Waals surface area contributed by atoms with Gasteiger partial charge >= 0.3 is 0 Å². The molecular formula is C28H27F2N5O2. The molecule has 9 heteroatoms. The Morgan fingerprint density at radius 2 is 1.92 bits per heavy atom. The Kier molecular flexibility index (Phi) is 6.10. The molecule has 0 radical (unpaired) electrons. The van der Waals surface area contributed by atoms with Gasteiger partial charge in [0.15, 0.2) is 0 Å². The number of fused-ring (bicyclic) bond motifs is 2. The molecule has 37 heavy (non-hydrogen) atoms. The van der Waals surface area contributed by atoms with Crippen LogP contribution in [0.5, 0.6) is 0 Å². The number of nitrogens with zero attached hydrogens (tertiary/aromatic N) is 4. The predicted molar refractivity (Wildman–Crippen MR) is 139 cm³/mol. The molecule has 2 N–H and O–H groups in total. The highest BCUT2D eigenvalue weighted by Crippen LogP contribution is 2.40. The predicted octanol–water partition coefficient (Wildman–Crippen LogP) is 4.68. The van der Waals surface area contributed by atoms with E-state index in [0.717, 1.165) is 65.2 Å². The summed E-state index contributed by atoms with van der Waals surface area (Å²) in [5.41, 5.74) is 5.22. The first-order valence-corrected chi connectivity index (χ1v) is 12.3. The third kappa shape index (κ3) is 4.34. The fourth-order valence-electron chi connectivity index (χ4n) is 5.52. The average Bonchev–Trinajstić information content (AvgIpc) is 3.27. The topological polar surface area (TPSA) is 75.4 Å². The first kappa shape index (κ1) is 23.6. The van der Waals surface area contributed by atoms with Gasteiger partial charge < -0.3 is 20.1 Å². The molecule has 2 aliphatic rings. The van der Waals surface area contributed by atoms with Gasteiger partial charge in [-0.2, -0.15) is 5.10 Å². The zero-order valence-electron chi connectivity index (χ0n) is 20.4. The number of aliphatic hydroxyl groups excluding tert-OH is 1. The van der Waals surface area contributed by atoms with Gasteiger partial charge in [0.2, 0.25) is 0 Å². The second-order valence-electron chi connectivity index (χ2n) is 9.50. The SMILES string of the molecule is Cn1ncc(-c2ccc3ncc(-c4cc(F)cc(F)c4)c(N4CCC5NCCO[C@@H]5C4)c3c2)c1/C=C/O. The number of aromatic nitrogens is 3. The van der Waals surface area contributed by atoms with Gasteiger partial charge in [-0.15, -0.1) is 0 Å². The highest BCUT2D eigenvalue weighted by molar-refractivity contribution is 6.02. The van der Waals surface area contributed by atoms with E-state index in [1.54, 1.807) is 23.2 Å². The molecule has 190 valence electrons. The van der Waals surface area contributed by atoms with Gasteiger partial charge in [-0.25, -0.2) is 8.78 Å². The maximum atomic E-state index is 14.3. The molecule has 2 aromatic carbocycles. The number of nitrogens with one attached hydrogen (secondary N) is 1. The molecule has 2 saturated heterocycles. The van der Waals surface area contributed by atoms with E-state index in [4.69, 9.17) is 4.74 Å². The van der Waals surface area contributed by atoms with Crippen LogP contribution in [0.3, 0.4) is 0 Å². The number of aryl methyl sites for hydroxylation is 1. The third-order valence-electron chi connectivity index (χ3n) is 7.26. The number of benzene rings is 2. The Balaban J connectivity index is 1.55. The van der Waals surface area contributed by atoms with Gasteiger partial charge in [-0.1, -0.05) is 6.07 Å². The molecule has 4 heterocycles. The number of anilines is 1. The van der Waals surface area contributed by atoms with Crippen LogP contribution in [0, 0.1) is 11.6 Å². The molecule has 2 fully saturated rings. The van der Waals surface area contributed by atoms with Crippen molar-refractivity contribution >= 4 is 22.7 Å². The van der Waals surface area contributed by atoms with Crippen LogP contribution >= 0.6 is 0 Å². The molecule has 0 saturated carbocycles. The summed E-state index contributed by atoms with van der Waals surface area (Å²) in [5, 5.41) is 18.2. The second kappa shape index (κ2) is 9.57. The van der Waals surface area contributed by atoms with E-state index in [1.165, 1.54) is 12.1 Å². The normalized spacial score (nSPS) is 20.0. The number of halogens is 2. The lowest BCUT2D eigenvalue weighted by Gasteiger charge is -2.43. The molecule has 0 spiro atoms. The molecule has 6 rings (SSSR count). The second-order valence-corrected chi connectivity index (χ2v) is 9.50. The Labute approximate surface area is 213 Å². The molecule has 2 aliphatic heterocycles. The number of hydrogen-bond donors (Lipinski definition) is 2. The number of aliphatic hydroxyl groups is 1. The number of piperidine rings is 1. The summed E-state index contributed by atoms with van der Waals surface area (Å²) in [6, 6.07) is 9.79. The van der Waals surface area contributed by atoms with E-state index < -0.39 is 11.6 Å². The molecule has 0 aliphatic carbocycles. The van der Waals surface area contributed by atoms with Gasteiger partial charge in [0.25, 0.3) is 0 Å². The van der Waals surface area contributed by atoms with E-state index in [9.17, 15) is 13.9 Å². The standard InChI is InChI=1S/C28H27F2N5O2/c1-34-26(5-8-36)22(15-33-34)17-2-3-24-21(12-17)28(35-7-4-25-27(16-35)37-9-6-31-25)23(14-32-24)18-10-19(29)13-20(30)11-18/h2-3,5,8,10-15,25,27,31,36H,4,6-7,9,16H2,1H3/b8-5+/t25?,27-/m1/s1. The summed E-state index contributed by atoms with van der Waals surface area (Å²) in [4.78, 5) is 6.91. The van der Waals surface area contributed by atoms with Gasteiger partial charge in [-0.3, -0.25) is 9.67 Å². The molecule has 4 aromatic rings. The molecule has 0 bridgehead atoms. The summed E-state index contributed by atoms with van der Waals surface area (Å²) < 4.78 is 36.4. The zero-order valence-corrected chi connectivity index (χ0v) is 20.4. The van der Waals surface area contributed by atoms with Crippen molar-refractivity contribution < 1.29 is 18.6 Å². The Morgan fingerprint density at radius 1 is 1.08 bits per heavy atom. The van der Waals surface area contributed by atoms with Gasteiger partial charge in [0, 0.05) is 61.5 Å². The molecule has 1 unspecified atom stereocenters. The minimum atomic E-state index is -0.635. The summed E-state index contributed by atoms with van der Waals surface area (Å²) in [5.74, 6) is -1.27. The lowest BCUT2D eigenvalue weighted by molar-refractivity contribution is -0.00896. The van der Waals surface area contributed by atoms with Crippen molar-refractivity contribution in [1.82, 2.24) is 20.1 Å². The smallest absolute Gasteiger partial charge is 0.126 e. The van der Waals surface area contributed by atoms with Crippen molar-refractivity contribution in [3.8, 4) is 22.3 Å². The van der Waals surface area contributed by atoms with E-state index >= 15 is 0 Å². The van der Waals surface area contributed by atoms with Crippen molar-refractivity contribution in [3.63, 3.8) is 0 Å². The van der Waals surface area contributed by atoms with Crippen LogP contribution < -0.4 is 10.2 Å². The Bertz CT molecular complexity index is 1480. The summed E-state index contributed by atoms with van der Waals surface area (Å²) >= 11 is 0. The monoisotopic (exact) mass is 503 g/mol. The van der Waals surface area contributed by atoms with Crippen molar-refractivity contribution in [3.05, 3.63) is 72.4 Å². The third-order valence-corrected chi connectivity index (χ3v) is 7.26. The first-order valence-electron chi connectivity index (χ1n) is 12.3. The van der Waals surface area contributed by atoms with Crippen LogP contribution in [0.15, 0.2) is 55.1 Å². The molecule has 2 aromatic heterocycles. The number of pyridine rings is 1. The number of morpholine rings is 1. The summed E-state index contributed by atoms with van der Waals surface area (Å²) in [6.07, 6.45) is 6.94. The summed E-state index contributed by atoms with van der Waals surface area (Å²) in [6.45, 7) is 2.90. The van der Waals surface area contributed by atoms with Crippen LogP contribution in [-0.2, 0) is 11.8 Å². The van der Waals surface area contributed by atoms with Crippen LogP contribution in [0.1, 0.15) is 12.1 Å². The van der Waals surface area contributed by atoms with Crippen molar-refractivity contribution in [2.75, 3.05) is 31.1 Å². The lowest BCUT2D eigenvalue weighted by atomic mass is 9.94. The van der Waals surface area contributed by atoms with Gasteiger partial charge in [-0.05, 0) is 47.9 Å². The number of ether oxygens (including phenoxy) is 1. The maximum absolute atomic E-state index is 14.3. The van der Waals surface area contributed by atoms with E-state index in [-0.39, 0.29) is 12.1 Å². The fourth-order valence-corrected chi connectivity index (χ4v) is 5.52. The van der Waals surface area contributed by atoms with Crippen LogP contribution in [0.4, 0.5) is 14.5 Å². The van der Waals surface area contributed by atoms with Crippen LogP contribution in [0.2, 0.25) is 0 Å². The molecular weight excluding hydrogens is 476 g/mol. The van der Waals surface area contributed by atoms with Crippen LogP contribution in [0.25, 0.3) is 39.2 Å². The summed E-state index contributed by atoms with van der Waals surface area (Å²) in [7, 11) is 1.81. The molecule has 0 amide bonds. The van der Waals surface area contributed by atoms with E-state index in [2.05, 4.69) is 20.3 Å². The lowest BCUT2D eigenvalue weighted by Crippen LogP contribution is -2.57. The minimum Gasteiger partial charge on any atom is -0.516 e. The van der Waals surface area contributed by atoms with Gasteiger partial charge in [0.05, 0.1) is 42.1 Å². The van der Waals surface area contributed by atoms with Crippen molar-refractivity contribution in [2.45, 2.75) is 18.6 Å². The molecule has 2 atom stereocenters. The molecule has 7 nitrogen and oxygen atoms in total. The number of hydrogen-bond acceptors (Lipinski definition) is 6. The van der Waals surface area contributed by atoms with Crippen LogP contribution in [-0.4, -0.2) is 58.3 Å². The minimum absolute atomic E-state index is 0.0191. The first-order chi connectivity index (χ1) is 18.0. The largest absolute Gasteiger partial charge is 0.516 e. The fraction of sp³-hybridized carbons (Fsp3) is 0.286. The zero-order chi connectivity index (χ0) is 25.5. The van der Waals surface area contributed by atoms with E-state index in [0.29, 0.717) is 24.3 Å².